The lowest BCUT2D eigenvalue weighted by Crippen LogP contribution is -1.76. The van der Waals surface area contributed by atoms with E-state index in [1.807, 2.05) is 18.2 Å². The Hall–Kier alpha value is -1.57. The molecule has 0 saturated carbocycles. The molecule has 3 rings (SSSR count). The van der Waals surface area contributed by atoms with E-state index < -0.39 is 0 Å². The van der Waals surface area contributed by atoms with Crippen molar-refractivity contribution in [1.29, 1.82) is 0 Å². The van der Waals surface area contributed by atoms with Crippen LogP contribution in [-0.2, 0) is 0 Å². The van der Waals surface area contributed by atoms with Gasteiger partial charge in [0.1, 0.15) is 12.0 Å². The predicted molar refractivity (Wildman–Crippen MR) is 40.9 cm³/mol. The zero-order valence-corrected chi connectivity index (χ0v) is 5.74. The maximum absolute atomic E-state index is 5.17. The molecule has 1 aliphatic rings. The van der Waals surface area contributed by atoms with E-state index in [9.17, 15) is 0 Å². The number of oxazole rings is 1. The van der Waals surface area contributed by atoms with Crippen LogP contribution in [0.25, 0.3) is 22.7 Å². The van der Waals surface area contributed by atoms with Crippen molar-refractivity contribution in [2.75, 3.05) is 0 Å². The highest BCUT2D eigenvalue weighted by molar-refractivity contribution is 5.83. The average molecular weight is 143 g/mol. The molecule has 1 aromatic carbocycles. The fourth-order valence-corrected chi connectivity index (χ4v) is 1.41. The van der Waals surface area contributed by atoms with E-state index in [1.54, 1.807) is 6.26 Å². The van der Waals surface area contributed by atoms with Gasteiger partial charge in [0.05, 0.1) is 0 Å². The van der Waals surface area contributed by atoms with Crippen LogP contribution in [0.3, 0.4) is 0 Å². The molecule has 2 heteroatoms. The Morgan fingerprint density at radius 1 is 1.09 bits per heavy atom. The summed E-state index contributed by atoms with van der Waals surface area (Å²) in [6.07, 6.45) is 1.69. The van der Waals surface area contributed by atoms with Crippen molar-refractivity contribution in [1.82, 2.24) is 4.98 Å². The fourth-order valence-electron chi connectivity index (χ4n) is 1.41. The third kappa shape index (κ3) is 0.499. The van der Waals surface area contributed by atoms with Gasteiger partial charge in [0.2, 0.25) is 5.89 Å². The van der Waals surface area contributed by atoms with Crippen LogP contribution >= 0.6 is 0 Å². The number of aromatic nitrogens is 1. The van der Waals surface area contributed by atoms with Crippen LogP contribution in [0.5, 0.6) is 0 Å². The quantitative estimate of drug-likeness (QED) is 0.482. The summed E-state index contributed by atoms with van der Waals surface area (Å²) in [5, 5.41) is 0. The molecule has 0 N–H and O–H groups in total. The molecule has 0 fully saturated rings. The van der Waals surface area contributed by atoms with E-state index in [0.29, 0.717) is 0 Å². The highest BCUT2D eigenvalue weighted by atomic mass is 16.3. The van der Waals surface area contributed by atoms with Gasteiger partial charge in [-0.2, -0.15) is 0 Å². The van der Waals surface area contributed by atoms with Gasteiger partial charge < -0.3 is 4.42 Å². The Kier molecular flexibility index (Phi) is 0.714. The van der Waals surface area contributed by atoms with Crippen LogP contribution in [-0.4, -0.2) is 4.98 Å². The highest BCUT2D eigenvalue weighted by Crippen LogP contribution is 2.37. The number of benzene rings is 1. The second kappa shape index (κ2) is 1.53. The van der Waals surface area contributed by atoms with E-state index in [2.05, 4.69) is 11.1 Å². The molecule has 11 heavy (non-hydrogen) atoms. The van der Waals surface area contributed by atoms with E-state index >= 15 is 0 Å². The minimum absolute atomic E-state index is 0.746. The molecule has 0 atom stereocenters. The van der Waals surface area contributed by atoms with Gasteiger partial charge >= 0.3 is 0 Å². The summed E-state index contributed by atoms with van der Waals surface area (Å²) in [6, 6.07) is 8.08. The molecule has 0 aliphatic carbocycles. The predicted octanol–water partition coefficient (Wildman–Crippen LogP) is 2.32. The van der Waals surface area contributed by atoms with Crippen molar-refractivity contribution in [3.05, 3.63) is 30.5 Å². The fraction of sp³-hybridized carbons (Fsp3) is 0. The normalized spacial score (nSPS) is 11.6. The molecule has 0 saturated heterocycles. The van der Waals surface area contributed by atoms with Crippen molar-refractivity contribution in [3.8, 4) is 22.7 Å². The molecule has 2 heterocycles. The lowest BCUT2D eigenvalue weighted by Gasteiger charge is -1.98. The van der Waals surface area contributed by atoms with E-state index in [0.717, 1.165) is 17.1 Å². The summed E-state index contributed by atoms with van der Waals surface area (Å²) < 4.78 is 5.17. The second-order valence-electron chi connectivity index (χ2n) is 2.58. The summed E-state index contributed by atoms with van der Waals surface area (Å²) in [5.41, 5.74) is 3.26. The molecule has 1 aliphatic heterocycles. The Bertz CT molecular complexity index is 380. The van der Waals surface area contributed by atoms with Gasteiger partial charge in [0.25, 0.3) is 0 Å². The van der Waals surface area contributed by atoms with Gasteiger partial charge in [-0.15, -0.1) is 0 Å². The topological polar surface area (TPSA) is 26.0 Å². The van der Waals surface area contributed by atoms with Gasteiger partial charge in [-0.25, -0.2) is 4.98 Å². The lowest BCUT2D eigenvalue weighted by molar-refractivity contribution is 0.573. The van der Waals surface area contributed by atoms with Crippen LogP contribution in [0.15, 0.2) is 34.9 Å². The number of nitrogens with zero attached hydrogens (tertiary/aromatic N) is 1. The van der Waals surface area contributed by atoms with E-state index in [1.165, 1.54) is 5.56 Å². The van der Waals surface area contributed by atoms with Crippen LogP contribution in [0.4, 0.5) is 0 Å². The third-order valence-electron chi connectivity index (χ3n) is 1.94. The molecular weight excluding hydrogens is 138 g/mol. The van der Waals surface area contributed by atoms with Gasteiger partial charge in [-0.05, 0) is 6.07 Å². The van der Waals surface area contributed by atoms with Crippen molar-refractivity contribution in [3.63, 3.8) is 0 Å². The summed E-state index contributed by atoms with van der Waals surface area (Å²) in [6.45, 7) is 0. The van der Waals surface area contributed by atoms with Crippen LogP contribution in [0, 0.1) is 0 Å². The zero-order chi connectivity index (χ0) is 7.26. The second-order valence-corrected chi connectivity index (χ2v) is 2.58. The molecule has 0 amide bonds. The van der Waals surface area contributed by atoms with E-state index in [-0.39, 0.29) is 0 Å². The molecule has 1 aromatic heterocycles. The molecule has 2 bridgehead atoms. The van der Waals surface area contributed by atoms with Crippen molar-refractivity contribution in [2.45, 2.75) is 0 Å². The number of hydrogen-bond acceptors (Lipinski definition) is 2. The van der Waals surface area contributed by atoms with Crippen molar-refractivity contribution >= 4 is 0 Å². The molecule has 0 radical (unpaired) electrons. The Morgan fingerprint density at radius 3 is 2.73 bits per heavy atom. The zero-order valence-electron chi connectivity index (χ0n) is 5.74. The largest absolute Gasteiger partial charge is 0.444 e. The molecule has 52 valence electrons. The summed E-state index contributed by atoms with van der Waals surface area (Å²) in [4.78, 5) is 4.22. The molecular formula is C9H5NO. The molecule has 0 spiro atoms. The summed E-state index contributed by atoms with van der Waals surface area (Å²) >= 11 is 0. The minimum Gasteiger partial charge on any atom is -0.444 e. The number of fused-ring (bicyclic) bond motifs is 5. The van der Waals surface area contributed by atoms with Crippen molar-refractivity contribution in [2.24, 2.45) is 0 Å². The minimum atomic E-state index is 0.746. The van der Waals surface area contributed by atoms with Gasteiger partial charge in [0.15, 0.2) is 0 Å². The first-order chi connectivity index (χ1) is 5.45. The smallest absolute Gasteiger partial charge is 0.227 e. The molecule has 0 unspecified atom stereocenters. The maximum Gasteiger partial charge on any atom is 0.227 e. The summed E-state index contributed by atoms with van der Waals surface area (Å²) in [5.74, 6) is 0.746. The highest BCUT2D eigenvalue weighted by Gasteiger charge is 2.20. The Morgan fingerprint density at radius 2 is 1.91 bits per heavy atom. The average Bonchev–Trinajstić information content (AvgIpc) is 2.64. The standard InChI is InChI=1S/C9H5NO/c1-2-4-7-6(3-1)8-5-11-9(7)10-8/h1-5H. The monoisotopic (exact) mass is 143 g/mol. The Labute approximate surface area is 63.5 Å². The first-order valence-electron chi connectivity index (χ1n) is 3.50. The number of rotatable bonds is 0. The van der Waals surface area contributed by atoms with E-state index in [4.69, 9.17) is 4.42 Å². The molecule has 2 nitrogen and oxygen atoms in total. The van der Waals surface area contributed by atoms with Gasteiger partial charge in [-0.1, -0.05) is 18.2 Å². The van der Waals surface area contributed by atoms with Gasteiger partial charge in [-0.3, -0.25) is 0 Å². The number of hydrogen-bond donors (Lipinski definition) is 0. The SMILES string of the molecule is c1ccc2c(c1)-c1coc-2n1. The van der Waals surface area contributed by atoms with Crippen LogP contribution in [0.1, 0.15) is 0 Å². The third-order valence-corrected chi connectivity index (χ3v) is 1.94. The van der Waals surface area contributed by atoms with Crippen LogP contribution in [0.2, 0.25) is 0 Å². The Balaban J connectivity index is 2.47. The lowest BCUT2D eigenvalue weighted by atomic mass is 10.1. The maximum atomic E-state index is 5.17. The van der Waals surface area contributed by atoms with Crippen molar-refractivity contribution < 1.29 is 4.42 Å². The van der Waals surface area contributed by atoms with Crippen LogP contribution < -0.4 is 0 Å². The summed E-state index contributed by atoms with van der Waals surface area (Å²) in [7, 11) is 0. The first kappa shape index (κ1) is 5.13. The first-order valence-corrected chi connectivity index (χ1v) is 3.50. The molecule has 2 aromatic rings. The van der Waals surface area contributed by atoms with Gasteiger partial charge in [0, 0.05) is 11.1 Å².